The quantitative estimate of drug-likeness (QED) is 0.785. The topological polar surface area (TPSA) is 86.2 Å². The fourth-order valence-corrected chi connectivity index (χ4v) is 2.22. The first-order valence-corrected chi connectivity index (χ1v) is 5.76. The van der Waals surface area contributed by atoms with E-state index in [1.807, 2.05) is 0 Å². The van der Waals surface area contributed by atoms with E-state index in [1.54, 1.807) is 12.3 Å². The van der Waals surface area contributed by atoms with Crippen LogP contribution >= 0.6 is 0 Å². The minimum atomic E-state index is 0.189. The maximum atomic E-state index is 9.20. The number of aliphatic hydroxyl groups excluding tert-OH is 1. The summed E-state index contributed by atoms with van der Waals surface area (Å²) in [5.74, 6) is 0.942. The Morgan fingerprint density at radius 2 is 2.47 bits per heavy atom. The summed E-state index contributed by atoms with van der Waals surface area (Å²) < 4.78 is 0. The van der Waals surface area contributed by atoms with E-state index in [2.05, 4.69) is 16.0 Å². The number of piperidine rings is 1. The Bertz CT molecular complexity index is 441. The minimum Gasteiger partial charge on any atom is -0.396 e. The number of rotatable bonds is 2. The van der Waals surface area contributed by atoms with Gasteiger partial charge in [0.2, 0.25) is 0 Å². The molecule has 0 aliphatic carbocycles. The summed E-state index contributed by atoms with van der Waals surface area (Å²) in [5.41, 5.74) is 6.82. The molecule has 1 unspecified atom stereocenters. The van der Waals surface area contributed by atoms with Crippen LogP contribution in [0.4, 0.5) is 11.5 Å². The zero-order chi connectivity index (χ0) is 12.3. The monoisotopic (exact) mass is 232 g/mol. The Labute approximate surface area is 100 Å². The van der Waals surface area contributed by atoms with Crippen LogP contribution < -0.4 is 10.6 Å². The highest BCUT2D eigenvalue weighted by Gasteiger charge is 2.22. The molecule has 1 aromatic heterocycles. The molecule has 0 amide bonds. The third-order valence-electron chi connectivity index (χ3n) is 3.17. The highest BCUT2D eigenvalue weighted by atomic mass is 16.3. The van der Waals surface area contributed by atoms with Gasteiger partial charge in [0, 0.05) is 25.9 Å². The summed E-state index contributed by atoms with van der Waals surface area (Å²) in [6.07, 6.45) is 3.65. The average molecular weight is 232 g/mol. The van der Waals surface area contributed by atoms with Crippen molar-refractivity contribution in [3.8, 4) is 6.07 Å². The molecule has 0 aromatic carbocycles. The molecule has 1 atom stereocenters. The molecule has 0 saturated carbocycles. The second-order valence-electron chi connectivity index (χ2n) is 4.34. The Kier molecular flexibility index (Phi) is 3.45. The lowest BCUT2D eigenvalue weighted by Crippen LogP contribution is -2.37. The molecular weight excluding hydrogens is 216 g/mol. The number of anilines is 2. The number of aliphatic hydroxyl groups is 1. The van der Waals surface area contributed by atoms with Crippen molar-refractivity contribution in [1.29, 1.82) is 5.26 Å². The van der Waals surface area contributed by atoms with Gasteiger partial charge < -0.3 is 15.7 Å². The van der Waals surface area contributed by atoms with Crippen molar-refractivity contribution in [2.75, 3.05) is 30.3 Å². The van der Waals surface area contributed by atoms with Crippen LogP contribution in [0.25, 0.3) is 0 Å². The second-order valence-corrected chi connectivity index (χ2v) is 4.34. The average Bonchev–Trinajstić information content (AvgIpc) is 2.39. The number of nitrogen functional groups attached to an aromatic ring is 1. The molecule has 1 aromatic rings. The zero-order valence-corrected chi connectivity index (χ0v) is 9.63. The van der Waals surface area contributed by atoms with Crippen LogP contribution in [-0.2, 0) is 0 Å². The van der Waals surface area contributed by atoms with E-state index in [-0.39, 0.29) is 12.5 Å². The van der Waals surface area contributed by atoms with E-state index in [0.717, 1.165) is 25.9 Å². The number of hydrogen-bond acceptors (Lipinski definition) is 5. The van der Waals surface area contributed by atoms with Crippen LogP contribution in [0.15, 0.2) is 12.3 Å². The first-order chi connectivity index (χ1) is 8.26. The molecular formula is C12H16N4O. The van der Waals surface area contributed by atoms with Gasteiger partial charge in [0.15, 0.2) is 5.82 Å². The fraction of sp³-hybridized carbons (Fsp3) is 0.500. The minimum absolute atomic E-state index is 0.189. The lowest BCUT2D eigenvalue weighted by Gasteiger charge is -2.33. The number of nitriles is 1. The maximum absolute atomic E-state index is 9.20. The molecule has 2 heterocycles. The van der Waals surface area contributed by atoms with Crippen molar-refractivity contribution < 1.29 is 5.11 Å². The molecule has 1 fully saturated rings. The van der Waals surface area contributed by atoms with Gasteiger partial charge in [-0.1, -0.05) is 0 Å². The molecule has 3 N–H and O–H groups in total. The number of nitrogens with two attached hydrogens (primary N) is 1. The molecule has 1 aliphatic heterocycles. The lowest BCUT2D eigenvalue weighted by molar-refractivity contribution is 0.208. The zero-order valence-electron chi connectivity index (χ0n) is 9.63. The highest BCUT2D eigenvalue weighted by molar-refractivity contribution is 5.70. The van der Waals surface area contributed by atoms with Gasteiger partial charge in [-0.15, -0.1) is 0 Å². The van der Waals surface area contributed by atoms with E-state index < -0.39 is 0 Å². The van der Waals surface area contributed by atoms with Crippen molar-refractivity contribution in [3.63, 3.8) is 0 Å². The molecule has 2 rings (SSSR count). The van der Waals surface area contributed by atoms with E-state index >= 15 is 0 Å². The molecule has 17 heavy (non-hydrogen) atoms. The van der Waals surface area contributed by atoms with Crippen LogP contribution in [0.2, 0.25) is 0 Å². The van der Waals surface area contributed by atoms with Crippen LogP contribution in [0.5, 0.6) is 0 Å². The first-order valence-electron chi connectivity index (χ1n) is 5.76. The van der Waals surface area contributed by atoms with Gasteiger partial charge in [-0.2, -0.15) is 5.26 Å². The summed E-state index contributed by atoms with van der Waals surface area (Å²) in [4.78, 5) is 6.30. The Balaban J connectivity index is 2.25. The van der Waals surface area contributed by atoms with Gasteiger partial charge in [-0.3, -0.25) is 0 Å². The van der Waals surface area contributed by atoms with Crippen molar-refractivity contribution in [3.05, 3.63) is 17.8 Å². The van der Waals surface area contributed by atoms with Crippen LogP contribution in [-0.4, -0.2) is 29.8 Å². The van der Waals surface area contributed by atoms with E-state index in [9.17, 15) is 5.11 Å². The van der Waals surface area contributed by atoms with Crippen molar-refractivity contribution in [1.82, 2.24) is 4.98 Å². The third-order valence-corrected chi connectivity index (χ3v) is 3.17. The molecule has 5 heteroatoms. The van der Waals surface area contributed by atoms with Crippen molar-refractivity contribution >= 4 is 11.5 Å². The first kappa shape index (κ1) is 11.7. The predicted octanol–water partition coefficient (Wildman–Crippen LogP) is 0.744. The molecule has 0 spiro atoms. The summed E-state index contributed by atoms with van der Waals surface area (Å²) in [7, 11) is 0. The fourth-order valence-electron chi connectivity index (χ4n) is 2.22. The SMILES string of the molecule is N#Cc1ccnc(N2CCCC(CO)C2)c1N. The number of nitrogens with zero attached hydrogens (tertiary/aromatic N) is 3. The lowest BCUT2D eigenvalue weighted by atomic mass is 9.99. The Hall–Kier alpha value is -1.80. The summed E-state index contributed by atoms with van der Waals surface area (Å²) in [6.45, 7) is 1.82. The summed E-state index contributed by atoms with van der Waals surface area (Å²) in [6, 6.07) is 3.68. The number of aromatic nitrogens is 1. The predicted molar refractivity (Wildman–Crippen MR) is 65.4 cm³/mol. The van der Waals surface area contributed by atoms with Gasteiger partial charge in [0.25, 0.3) is 0 Å². The van der Waals surface area contributed by atoms with Crippen LogP contribution in [0.3, 0.4) is 0 Å². The maximum Gasteiger partial charge on any atom is 0.153 e. The van der Waals surface area contributed by atoms with Gasteiger partial charge >= 0.3 is 0 Å². The molecule has 0 bridgehead atoms. The largest absolute Gasteiger partial charge is 0.396 e. The Morgan fingerprint density at radius 3 is 3.18 bits per heavy atom. The van der Waals surface area contributed by atoms with Crippen molar-refractivity contribution in [2.24, 2.45) is 5.92 Å². The van der Waals surface area contributed by atoms with Crippen molar-refractivity contribution in [2.45, 2.75) is 12.8 Å². The molecule has 0 radical (unpaired) electrons. The van der Waals surface area contributed by atoms with E-state index in [4.69, 9.17) is 11.0 Å². The van der Waals surface area contributed by atoms with Gasteiger partial charge in [0.05, 0.1) is 11.3 Å². The molecule has 1 saturated heterocycles. The van der Waals surface area contributed by atoms with Crippen LogP contribution in [0, 0.1) is 17.2 Å². The van der Waals surface area contributed by atoms with E-state index in [1.165, 1.54) is 0 Å². The number of hydrogen-bond donors (Lipinski definition) is 2. The standard InChI is InChI=1S/C12H16N4O/c13-6-10-3-4-15-12(11(10)14)16-5-1-2-9(7-16)8-17/h3-4,9,17H,1-2,5,7-8,14H2. The summed E-state index contributed by atoms with van der Waals surface area (Å²) >= 11 is 0. The van der Waals surface area contributed by atoms with Gasteiger partial charge in [0.1, 0.15) is 6.07 Å². The second kappa shape index (κ2) is 5.02. The normalized spacial score (nSPS) is 20.0. The van der Waals surface area contributed by atoms with Gasteiger partial charge in [-0.05, 0) is 24.8 Å². The number of pyridine rings is 1. The summed E-state index contributed by atoms with van der Waals surface area (Å²) in [5, 5.41) is 18.1. The molecule has 1 aliphatic rings. The highest BCUT2D eigenvalue weighted by Crippen LogP contribution is 2.27. The molecule has 5 nitrogen and oxygen atoms in total. The third kappa shape index (κ3) is 2.32. The molecule has 90 valence electrons. The smallest absolute Gasteiger partial charge is 0.153 e. The van der Waals surface area contributed by atoms with Gasteiger partial charge in [-0.25, -0.2) is 4.98 Å². The van der Waals surface area contributed by atoms with E-state index in [0.29, 0.717) is 17.1 Å². The Morgan fingerprint density at radius 1 is 1.65 bits per heavy atom. The van der Waals surface area contributed by atoms with Crippen LogP contribution in [0.1, 0.15) is 18.4 Å².